The minimum atomic E-state index is -0.292. The number of hydrogen-bond acceptors (Lipinski definition) is 4. The number of ketones is 1. The molecule has 0 N–H and O–H groups in total. The lowest BCUT2D eigenvalue weighted by Gasteiger charge is -2.00. The lowest BCUT2D eigenvalue weighted by atomic mass is 10.3. The second kappa shape index (κ2) is 3.61. The molecule has 0 bridgehead atoms. The van der Waals surface area contributed by atoms with E-state index in [-0.39, 0.29) is 17.4 Å². The maximum atomic E-state index is 11.1. The molecular weight excluding hydrogens is 156 g/mol. The summed E-state index contributed by atoms with van der Waals surface area (Å²) in [7, 11) is 1.43. The van der Waals surface area contributed by atoms with Crippen LogP contribution in [-0.2, 0) is 0 Å². The fourth-order valence-electron chi connectivity index (χ4n) is 0.740. The van der Waals surface area contributed by atoms with E-state index in [1.54, 1.807) is 0 Å². The Hall–Kier alpha value is -1.71. The molecule has 4 nitrogen and oxygen atoms in total. The number of rotatable bonds is 3. The Morgan fingerprint density at radius 1 is 1.58 bits per heavy atom. The molecule has 0 amide bonds. The van der Waals surface area contributed by atoms with E-state index >= 15 is 0 Å². The standard InChI is InChI=1S/C8H8N2O2/c1-3-6(11)7-8(12-2)10-5-4-9-7/h3-5H,1H2,2H3. The van der Waals surface area contributed by atoms with Crippen LogP contribution >= 0.6 is 0 Å². The summed E-state index contributed by atoms with van der Waals surface area (Å²) in [5, 5.41) is 0. The predicted molar refractivity (Wildman–Crippen MR) is 43.1 cm³/mol. The van der Waals surface area contributed by atoms with Gasteiger partial charge in [-0.05, 0) is 6.08 Å². The Labute approximate surface area is 69.9 Å². The number of nitrogens with zero attached hydrogens (tertiary/aromatic N) is 2. The van der Waals surface area contributed by atoms with Crippen molar-refractivity contribution in [2.24, 2.45) is 0 Å². The van der Waals surface area contributed by atoms with Crippen molar-refractivity contribution in [3.63, 3.8) is 0 Å². The van der Waals surface area contributed by atoms with Gasteiger partial charge in [-0.1, -0.05) is 6.58 Å². The number of allylic oxidation sites excluding steroid dienone is 1. The second-order valence-corrected chi connectivity index (χ2v) is 1.98. The van der Waals surface area contributed by atoms with Gasteiger partial charge < -0.3 is 4.74 Å². The van der Waals surface area contributed by atoms with Gasteiger partial charge in [-0.2, -0.15) is 0 Å². The summed E-state index contributed by atoms with van der Waals surface area (Å²) in [6.45, 7) is 3.34. The van der Waals surface area contributed by atoms with Crippen molar-refractivity contribution < 1.29 is 9.53 Å². The predicted octanol–water partition coefficient (Wildman–Crippen LogP) is 0.854. The van der Waals surface area contributed by atoms with Gasteiger partial charge in [0.05, 0.1) is 7.11 Å². The van der Waals surface area contributed by atoms with E-state index in [0.29, 0.717) is 0 Å². The SMILES string of the molecule is C=CC(=O)c1nccnc1OC. The fourth-order valence-corrected chi connectivity index (χ4v) is 0.740. The third kappa shape index (κ3) is 1.47. The zero-order valence-electron chi connectivity index (χ0n) is 6.65. The van der Waals surface area contributed by atoms with E-state index < -0.39 is 0 Å². The van der Waals surface area contributed by atoms with Crippen LogP contribution in [0, 0.1) is 0 Å². The first-order valence-electron chi connectivity index (χ1n) is 3.31. The topological polar surface area (TPSA) is 52.1 Å². The molecule has 0 aromatic carbocycles. The summed E-state index contributed by atoms with van der Waals surface area (Å²) in [5.74, 6) is -0.0673. The Kier molecular flexibility index (Phi) is 2.53. The van der Waals surface area contributed by atoms with Crippen molar-refractivity contribution in [3.05, 3.63) is 30.7 Å². The monoisotopic (exact) mass is 164 g/mol. The highest BCUT2D eigenvalue weighted by Crippen LogP contribution is 2.10. The molecule has 0 spiro atoms. The van der Waals surface area contributed by atoms with Crippen LogP contribution in [0.2, 0.25) is 0 Å². The summed E-state index contributed by atoms with van der Waals surface area (Å²) in [5.41, 5.74) is 0.190. The number of methoxy groups -OCH3 is 1. The van der Waals surface area contributed by atoms with Crippen LogP contribution in [0.3, 0.4) is 0 Å². The van der Waals surface area contributed by atoms with Gasteiger partial charge in [-0.3, -0.25) is 4.79 Å². The molecule has 1 aromatic heterocycles. The maximum Gasteiger partial charge on any atom is 0.243 e. The lowest BCUT2D eigenvalue weighted by molar-refractivity contribution is 0.103. The van der Waals surface area contributed by atoms with Crippen molar-refractivity contribution in [2.45, 2.75) is 0 Å². The highest BCUT2D eigenvalue weighted by Gasteiger charge is 2.10. The molecule has 4 heteroatoms. The molecule has 0 fully saturated rings. The Morgan fingerprint density at radius 2 is 2.25 bits per heavy atom. The van der Waals surface area contributed by atoms with Gasteiger partial charge in [0, 0.05) is 12.4 Å². The first kappa shape index (κ1) is 8.39. The average molecular weight is 164 g/mol. The molecule has 0 aliphatic rings. The zero-order chi connectivity index (χ0) is 8.97. The smallest absolute Gasteiger partial charge is 0.243 e. The fraction of sp³-hybridized carbons (Fsp3) is 0.125. The van der Waals surface area contributed by atoms with Crippen LogP contribution < -0.4 is 4.74 Å². The number of carbonyl (C=O) groups is 1. The molecule has 1 aromatic rings. The van der Waals surface area contributed by atoms with E-state index in [9.17, 15) is 4.79 Å². The van der Waals surface area contributed by atoms with Crippen molar-refractivity contribution >= 4 is 5.78 Å². The summed E-state index contributed by atoms with van der Waals surface area (Å²) in [6, 6.07) is 0. The normalized spacial score (nSPS) is 9.08. The van der Waals surface area contributed by atoms with Crippen LogP contribution in [-0.4, -0.2) is 22.9 Å². The zero-order valence-corrected chi connectivity index (χ0v) is 6.65. The van der Waals surface area contributed by atoms with Gasteiger partial charge >= 0.3 is 0 Å². The number of aromatic nitrogens is 2. The first-order chi connectivity index (χ1) is 5.79. The molecule has 0 atom stereocenters. The van der Waals surface area contributed by atoms with Gasteiger partial charge in [0.1, 0.15) is 0 Å². The number of hydrogen-bond donors (Lipinski definition) is 0. The van der Waals surface area contributed by atoms with Crippen LogP contribution in [0.25, 0.3) is 0 Å². The van der Waals surface area contributed by atoms with E-state index in [2.05, 4.69) is 16.5 Å². The highest BCUT2D eigenvalue weighted by molar-refractivity contribution is 6.04. The second-order valence-electron chi connectivity index (χ2n) is 1.98. The largest absolute Gasteiger partial charge is 0.479 e. The molecule has 0 aliphatic carbocycles. The van der Waals surface area contributed by atoms with Gasteiger partial charge in [0.15, 0.2) is 5.69 Å². The quantitative estimate of drug-likeness (QED) is 0.491. The van der Waals surface area contributed by atoms with Crippen LogP contribution in [0.4, 0.5) is 0 Å². The molecular formula is C8H8N2O2. The summed E-state index contributed by atoms with van der Waals surface area (Å²) in [6.07, 6.45) is 4.06. The maximum absolute atomic E-state index is 11.1. The van der Waals surface area contributed by atoms with E-state index in [1.165, 1.54) is 25.6 Å². The van der Waals surface area contributed by atoms with Gasteiger partial charge in [0.2, 0.25) is 11.7 Å². The average Bonchev–Trinajstić information content (AvgIpc) is 2.16. The van der Waals surface area contributed by atoms with Crippen molar-refractivity contribution in [1.82, 2.24) is 9.97 Å². The Bertz CT molecular complexity index is 310. The molecule has 1 heterocycles. The molecule has 0 unspecified atom stereocenters. The van der Waals surface area contributed by atoms with Crippen LogP contribution in [0.1, 0.15) is 10.5 Å². The third-order valence-corrected chi connectivity index (χ3v) is 1.28. The summed E-state index contributed by atoms with van der Waals surface area (Å²) < 4.78 is 4.83. The van der Waals surface area contributed by atoms with Crippen molar-refractivity contribution in [1.29, 1.82) is 0 Å². The Morgan fingerprint density at radius 3 is 2.83 bits per heavy atom. The van der Waals surface area contributed by atoms with Crippen LogP contribution in [0.5, 0.6) is 5.88 Å². The van der Waals surface area contributed by atoms with Crippen molar-refractivity contribution in [2.75, 3.05) is 7.11 Å². The van der Waals surface area contributed by atoms with Gasteiger partial charge in [-0.15, -0.1) is 0 Å². The summed E-state index contributed by atoms with van der Waals surface area (Å²) in [4.78, 5) is 18.7. The number of ether oxygens (including phenoxy) is 1. The molecule has 62 valence electrons. The minimum Gasteiger partial charge on any atom is -0.479 e. The third-order valence-electron chi connectivity index (χ3n) is 1.28. The number of carbonyl (C=O) groups excluding carboxylic acids is 1. The molecule has 0 saturated heterocycles. The first-order valence-corrected chi connectivity index (χ1v) is 3.31. The highest BCUT2D eigenvalue weighted by atomic mass is 16.5. The molecule has 12 heavy (non-hydrogen) atoms. The molecule has 0 saturated carbocycles. The van der Waals surface area contributed by atoms with E-state index in [4.69, 9.17) is 4.74 Å². The Balaban J connectivity index is 3.13. The lowest BCUT2D eigenvalue weighted by Crippen LogP contribution is -2.03. The summed E-state index contributed by atoms with van der Waals surface area (Å²) >= 11 is 0. The molecule has 0 aliphatic heterocycles. The van der Waals surface area contributed by atoms with Gasteiger partial charge in [-0.25, -0.2) is 9.97 Å². The van der Waals surface area contributed by atoms with Crippen molar-refractivity contribution in [3.8, 4) is 5.88 Å². The van der Waals surface area contributed by atoms with E-state index in [1.807, 2.05) is 0 Å². The molecule has 0 radical (unpaired) electrons. The minimum absolute atomic E-state index is 0.190. The van der Waals surface area contributed by atoms with Gasteiger partial charge in [0.25, 0.3) is 0 Å². The molecule has 1 rings (SSSR count). The van der Waals surface area contributed by atoms with Crippen LogP contribution in [0.15, 0.2) is 25.0 Å². The van der Waals surface area contributed by atoms with E-state index in [0.717, 1.165) is 0 Å².